The van der Waals surface area contributed by atoms with Crippen molar-refractivity contribution in [1.29, 1.82) is 0 Å². The van der Waals surface area contributed by atoms with Gasteiger partial charge in [0.15, 0.2) is 0 Å². The first kappa shape index (κ1) is 14.3. The van der Waals surface area contributed by atoms with E-state index in [0.29, 0.717) is 17.4 Å². The number of nitrogens with zero attached hydrogens (tertiary/aromatic N) is 2. The van der Waals surface area contributed by atoms with E-state index in [9.17, 15) is 5.11 Å². The molecule has 2 fully saturated rings. The second-order valence-electron chi connectivity index (χ2n) is 7.32. The van der Waals surface area contributed by atoms with Crippen LogP contribution in [-0.4, -0.2) is 60.3 Å². The molecular weight excluding hydrogens is 224 g/mol. The average molecular weight is 254 g/mol. The standard InChI is InChI=1S/C15H30N2O/c1-12-10-17(8-7-16(12)4)11-13-9-15(2,3)6-5-14(13)18/h12-14,18H,5-11H2,1-4H3. The summed E-state index contributed by atoms with van der Waals surface area (Å²) in [4.78, 5) is 4.98. The Kier molecular flexibility index (Phi) is 4.35. The fraction of sp³-hybridized carbons (Fsp3) is 1.00. The normalized spacial score (nSPS) is 38.8. The van der Waals surface area contributed by atoms with Crippen LogP contribution in [-0.2, 0) is 0 Å². The molecule has 106 valence electrons. The highest BCUT2D eigenvalue weighted by atomic mass is 16.3. The van der Waals surface area contributed by atoms with Gasteiger partial charge in [0.25, 0.3) is 0 Å². The molecule has 0 spiro atoms. The van der Waals surface area contributed by atoms with Crippen LogP contribution in [0.2, 0.25) is 0 Å². The Balaban J connectivity index is 1.88. The molecule has 2 aliphatic rings. The second-order valence-corrected chi connectivity index (χ2v) is 7.32. The summed E-state index contributed by atoms with van der Waals surface area (Å²) in [5.74, 6) is 0.476. The van der Waals surface area contributed by atoms with Gasteiger partial charge in [0, 0.05) is 32.2 Å². The van der Waals surface area contributed by atoms with Gasteiger partial charge in [-0.15, -0.1) is 0 Å². The number of aliphatic hydroxyl groups excluding tert-OH is 1. The van der Waals surface area contributed by atoms with Crippen molar-refractivity contribution in [3.8, 4) is 0 Å². The number of aliphatic hydroxyl groups is 1. The van der Waals surface area contributed by atoms with Crippen LogP contribution in [0, 0.1) is 11.3 Å². The first-order chi connectivity index (χ1) is 8.37. The monoisotopic (exact) mass is 254 g/mol. The first-order valence-electron chi connectivity index (χ1n) is 7.48. The summed E-state index contributed by atoms with van der Waals surface area (Å²) in [5.41, 5.74) is 0.419. The van der Waals surface area contributed by atoms with E-state index in [-0.39, 0.29) is 6.10 Å². The predicted molar refractivity (Wildman–Crippen MR) is 75.7 cm³/mol. The van der Waals surface area contributed by atoms with Gasteiger partial charge < -0.3 is 14.9 Å². The fourth-order valence-electron chi connectivity index (χ4n) is 3.53. The molecule has 3 heteroatoms. The minimum Gasteiger partial charge on any atom is -0.393 e. The van der Waals surface area contributed by atoms with Crippen molar-refractivity contribution in [2.45, 2.75) is 52.2 Å². The number of rotatable bonds is 2. The molecule has 0 aromatic heterocycles. The molecule has 0 aromatic carbocycles. The lowest BCUT2D eigenvalue weighted by Crippen LogP contribution is -2.52. The first-order valence-corrected chi connectivity index (χ1v) is 7.48. The maximum absolute atomic E-state index is 10.2. The summed E-state index contributed by atoms with van der Waals surface area (Å²) < 4.78 is 0. The lowest BCUT2D eigenvalue weighted by Gasteiger charge is -2.43. The van der Waals surface area contributed by atoms with E-state index in [0.717, 1.165) is 32.6 Å². The summed E-state index contributed by atoms with van der Waals surface area (Å²) in [5, 5.41) is 10.2. The Morgan fingerprint density at radius 3 is 2.67 bits per heavy atom. The minimum atomic E-state index is -0.0759. The molecule has 0 bridgehead atoms. The SMILES string of the molecule is CC1CN(CC2CC(C)(C)CCC2O)CCN1C. The van der Waals surface area contributed by atoms with E-state index in [1.807, 2.05) is 0 Å². The molecule has 18 heavy (non-hydrogen) atoms. The Morgan fingerprint density at radius 2 is 2.00 bits per heavy atom. The lowest BCUT2D eigenvalue weighted by molar-refractivity contribution is -0.00749. The number of hydrogen-bond acceptors (Lipinski definition) is 3. The molecule has 3 nitrogen and oxygen atoms in total. The van der Waals surface area contributed by atoms with Crippen LogP contribution in [0.3, 0.4) is 0 Å². The third kappa shape index (κ3) is 3.46. The molecule has 2 rings (SSSR count). The Bertz CT molecular complexity index is 280. The molecule has 1 heterocycles. The van der Waals surface area contributed by atoms with Crippen molar-refractivity contribution in [2.75, 3.05) is 33.2 Å². The van der Waals surface area contributed by atoms with Crippen LogP contribution < -0.4 is 0 Å². The van der Waals surface area contributed by atoms with Crippen molar-refractivity contribution < 1.29 is 5.11 Å². The fourth-order valence-corrected chi connectivity index (χ4v) is 3.53. The average Bonchev–Trinajstić information content (AvgIpc) is 2.28. The molecule has 0 amide bonds. The second kappa shape index (κ2) is 5.48. The molecule has 0 radical (unpaired) electrons. The Morgan fingerprint density at radius 1 is 1.28 bits per heavy atom. The number of likely N-dealkylation sites (N-methyl/N-ethyl adjacent to an activating group) is 1. The zero-order valence-corrected chi connectivity index (χ0v) is 12.5. The topological polar surface area (TPSA) is 26.7 Å². The van der Waals surface area contributed by atoms with Crippen LogP contribution in [0.4, 0.5) is 0 Å². The Hall–Kier alpha value is -0.120. The third-order valence-electron chi connectivity index (χ3n) is 5.01. The van der Waals surface area contributed by atoms with Gasteiger partial charge in [0.1, 0.15) is 0 Å². The molecule has 3 atom stereocenters. The van der Waals surface area contributed by atoms with E-state index in [4.69, 9.17) is 0 Å². The third-order valence-corrected chi connectivity index (χ3v) is 5.01. The predicted octanol–water partition coefficient (Wildman–Crippen LogP) is 1.81. The van der Waals surface area contributed by atoms with E-state index in [1.54, 1.807) is 0 Å². The van der Waals surface area contributed by atoms with Gasteiger partial charge in [-0.3, -0.25) is 0 Å². The zero-order chi connectivity index (χ0) is 13.3. The smallest absolute Gasteiger partial charge is 0.0581 e. The number of hydrogen-bond donors (Lipinski definition) is 1. The molecule has 1 saturated heterocycles. The number of piperazine rings is 1. The van der Waals surface area contributed by atoms with Gasteiger partial charge >= 0.3 is 0 Å². The molecule has 1 N–H and O–H groups in total. The van der Waals surface area contributed by atoms with Gasteiger partial charge in [0.05, 0.1) is 6.10 Å². The highest BCUT2D eigenvalue weighted by molar-refractivity contribution is 4.88. The van der Waals surface area contributed by atoms with E-state index in [1.165, 1.54) is 12.8 Å². The maximum atomic E-state index is 10.2. The van der Waals surface area contributed by atoms with Crippen LogP contribution >= 0.6 is 0 Å². The minimum absolute atomic E-state index is 0.0759. The van der Waals surface area contributed by atoms with Gasteiger partial charge in [-0.05, 0) is 44.6 Å². The van der Waals surface area contributed by atoms with Crippen LogP contribution in [0.1, 0.15) is 40.0 Å². The van der Waals surface area contributed by atoms with E-state index in [2.05, 4.69) is 37.6 Å². The molecule has 1 saturated carbocycles. The quantitative estimate of drug-likeness (QED) is 0.814. The summed E-state index contributed by atoms with van der Waals surface area (Å²) in [7, 11) is 2.21. The molecule has 1 aliphatic heterocycles. The molecular formula is C15H30N2O. The van der Waals surface area contributed by atoms with Crippen LogP contribution in [0.15, 0.2) is 0 Å². The van der Waals surface area contributed by atoms with Gasteiger partial charge in [-0.1, -0.05) is 13.8 Å². The van der Waals surface area contributed by atoms with Crippen molar-refractivity contribution >= 4 is 0 Å². The highest BCUT2D eigenvalue weighted by Crippen LogP contribution is 2.39. The van der Waals surface area contributed by atoms with Gasteiger partial charge in [-0.25, -0.2) is 0 Å². The Labute approximate surface area is 112 Å². The van der Waals surface area contributed by atoms with E-state index >= 15 is 0 Å². The van der Waals surface area contributed by atoms with Crippen molar-refractivity contribution in [3.63, 3.8) is 0 Å². The van der Waals surface area contributed by atoms with Crippen molar-refractivity contribution in [1.82, 2.24) is 9.80 Å². The van der Waals surface area contributed by atoms with Crippen molar-refractivity contribution in [3.05, 3.63) is 0 Å². The summed E-state index contributed by atoms with van der Waals surface area (Å²) >= 11 is 0. The zero-order valence-electron chi connectivity index (χ0n) is 12.5. The lowest BCUT2D eigenvalue weighted by atomic mass is 9.70. The van der Waals surface area contributed by atoms with Crippen LogP contribution in [0.25, 0.3) is 0 Å². The van der Waals surface area contributed by atoms with Gasteiger partial charge in [-0.2, -0.15) is 0 Å². The maximum Gasteiger partial charge on any atom is 0.0581 e. The summed E-state index contributed by atoms with van der Waals surface area (Å²) in [6, 6.07) is 0.646. The molecule has 0 aromatic rings. The van der Waals surface area contributed by atoms with E-state index < -0.39 is 0 Å². The molecule has 3 unspecified atom stereocenters. The van der Waals surface area contributed by atoms with Gasteiger partial charge in [0.2, 0.25) is 0 Å². The molecule has 1 aliphatic carbocycles. The summed E-state index contributed by atoms with van der Waals surface area (Å²) in [6.45, 7) is 11.5. The van der Waals surface area contributed by atoms with Crippen LogP contribution in [0.5, 0.6) is 0 Å². The van der Waals surface area contributed by atoms with Crippen molar-refractivity contribution in [2.24, 2.45) is 11.3 Å². The largest absolute Gasteiger partial charge is 0.393 e. The summed E-state index contributed by atoms with van der Waals surface area (Å²) in [6.07, 6.45) is 3.26. The highest BCUT2D eigenvalue weighted by Gasteiger charge is 2.35.